The minimum Gasteiger partial charge on any atom is -0.314 e. The van der Waals surface area contributed by atoms with Crippen LogP contribution in [0.25, 0.3) is 0 Å². The molecule has 1 aromatic rings. The van der Waals surface area contributed by atoms with Gasteiger partial charge in [-0.15, -0.1) is 0 Å². The van der Waals surface area contributed by atoms with Gasteiger partial charge in [-0.25, -0.2) is 0 Å². The number of hydrogen-bond donors (Lipinski definition) is 1. The molecular weight excluding hydrogens is 228 g/mol. The molecule has 0 spiro atoms. The second-order valence-corrected chi connectivity index (χ2v) is 5.76. The highest BCUT2D eigenvalue weighted by Gasteiger charge is 2.22. The van der Waals surface area contributed by atoms with Gasteiger partial charge in [0.25, 0.3) is 0 Å². The summed E-state index contributed by atoms with van der Waals surface area (Å²) in [4.78, 5) is 2.62. The van der Waals surface area contributed by atoms with Crippen LogP contribution in [0.4, 0.5) is 0 Å². The van der Waals surface area contributed by atoms with Crippen LogP contribution < -0.4 is 5.32 Å². The lowest BCUT2D eigenvalue weighted by Gasteiger charge is -2.36. The molecule has 0 aliphatic carbocycles. The standard InChI is InChI=1S/C14H22N2S/c1-2-17-11-10-16-9-8-15-12-14(16)13-6-4-3-5-7-13/h3-7,14-15H,2,8-12H2,1H3. The van der Waals surface area contributed by atoms with E-state index in [0.717, 1.165) is 13.1 Å². The predicted octanol–water partition coefficient (Wildman–Crippen LogP) is 2.39. The number of nitrogens with one attached hydrogen (secondary N) is 1. The third-order valence-electron chi connectivity index (χ3n) is 3.27. The van der Waals surface area contributed by atoms with Crippen molar-refractivity contribution in [2.75, 3.05) is 37.7 Å². The Bertz CT molecular complexity index is 315. The van der Waals surface area contributed by atoms with Crippen LogP contribution in [-0.4, -0.2) is 42.6 Å². The molecule has 1 atom stereocenters. The highest BCUT2D eigenvalue weighted by Crippen LogP contribution is 2.22. The summed E-state index contributed by atoms with van der Waals surface area (Å²) in [5, 5.41) is 3.51. The van der Waals surface area contributed by atoms with E-state index in [1.54, 1.807) is 0 Å². The first-order chi connectivity index (χ1) is 8.42. The van der Waals surface area contributed by atoms with Crippen molar-refractivity contribution in [2.45, 2.75) is 13.0 Å². The largest absolute Gasteiger partial charge is 0.314 e. The maximum atomic E-state index is 3.51. The maximum Gasteiger partial charge on any atom is 0.0473 e. The molecule has 1 aromatic carbocycles. The number of hydrogen-bond acceptors (Lipinski definition) is 3. The first-order valence-electron chi connectivity index (χ1n) is 6.49. The van der Waals surface area contributed by atoms with Crippen LogP contribution in [-0.2, 0) is 0 Å². The SMILES string of the molecule is CCSCCN1CCNCC1c1ccccc1. The third kappa shape index (κ3) is 3.73. The molecule has 0 aromatic heterocycles. The van der Waals surface area contributed by atoms with Crippen LogP contribution in [0.15, 0.2) is 30.3 Å². The fourth-order valence-electron chi connectivity index (χ4n) is 2.34. The lowest BCUT2D eigenvalue weighted by molar-refractivity contribution is 0.172. The second kappa shape index (κ2) is 7.04. The van der Waals surface area contributed by atoms with E-state index in [1.165, 1.54) is 30.2 Å². The quantitative estimate of drug-likeness (QED) is 0.808. The van der Waals surface area contributed by atoms with Gasteiger partial charge in [0.15, 0.2) is 0 Å². The van der Waals surface area contributed by atoms with E-state index in [-0.39, 0.29) is 0 Å². The molecule has 1 heterocycles. The van der Waals surface area contributed by atoms with Crippen LogP contribution in [0.1, 0.15) is 18.5 Å². The van der Waals surface area contributed by atoms with Crippen molar-refractivity contribution < 1.29 is 0 Å². The van der Waals surface area contributed by atoms with Gasteiger partial charge in [0.2, 0.25) is 0 Å². The first-order valence-corrected chi connectivity index (χ1v) is 7.64. The van der Waals surface area contributed by atoms with Crippen LogP contribution in [0.5, 0.6) is 0 Å². The fourth-order valence-corrected chi connectivity index (χ4v) is 3.00. The summed E-state index contributed by atoms with van der Waals surface area (Å²) in [7, 11) is 0. The van der Waals surface area contributed by atoms with Crippen molar-refractivity contribution in [3.8, 4) is 0 Å². The number of thioether (sulfide) groups is 1. The minimum atomic E-state index is 0.558. The molecule has 0 radical (unpaired) electrons. The Morgan fingerprint density at radius 2 is 2.18 bits per heavy atom. The van der Waals surface area contributed by atoms with Gasteiger partial charge in [-0.05, 0) is 11.3 Å². The van der Waals surface area contributed by atoms with E-state index in [2.05, 4.69) is 47.5 Å². The van der Waals surface area contributed by atoms with Crippen molar-refractivity contribution in [2.24, 2.45) is 0 Å². The number of nitrogens with zero attached hydrogens (tertiary/aromatic N) is 1. The number of piperazine rings is 1. The molecule has 1 unspecified atom stereocenters. The zero-order valence-electron chi connectivity index (χ0n) is 10.6. The fraction of sp³-hybridized carbons (Fsp3) is 0.571. The Balaban J connectivity index is 1.97. The Labute approximate surface area is 109 Å². The summed E-state index contributed by atoms with van der Waals surface area (Å²) in [6, 6.07) is 11.4. The van der Waals surface area contributed by atoms with E-state index >= 15 is 0 Å². The lowest BCUT2D eigenvalue weighted by atomic mass is 10.0. The van der Waals surface area contributed by atoms with Gasteiger partial charge >= 0.3 is 0 Å². The van der Waals surface area contributed by atoms with Crippen molar-refractivity contribution in [1.29, 1.82) is 0 Å². The zero-order chi connectivity index (χ0) is 11.9. The van der Waals surface area contributed by atoms with Gasteiger partial charge < -0.3 is 5.32 Å². The Hall–Kier alpha value is -0.510. The highest BCUT2D eigenvalue weighted by molar-refractivity contribution is 7.99. The van der Waals surface area contributed by atoms with Crippen molar-refractivity contribution in [3.05, 3.63) is 35.9 Å². The van der Waals surface area contributed by atoms with E-state index < -0.39 is 0 Å². The molecular formula is C14H22N2S. The molecule has 2 nitrogen and oxygen atoms in total. The molecule has 17 heavy (non-hydrogen) atoms. The average Bonchev–Trinajstić information content (AvgIpc) is 2.41. The second-order valence-electron chi connectivity index (χ2n) is 4.36. The molecule has 1 N–H and O–H groups in total. The van der Waals surface area contributed by atoms with Gasteiger partial charge in [0.05, 0.1) is 0 Å². The topological polar surface area (TPSA) is 15.3 Å². The summed E-state index contributed by atoms with van der Waals surface area (Å²) in [6.45, 7) is 6.82. The summed E-state index contributed by atoms with van der Waals surface area (Å²) in [6.07, 6.45) is 0. The normalized spacial score (nSPS) is 21.6. The Kier molecular flexibility index (Phi) is 5.36. The summed E-state index contributed by atoms with van der Waals surface area (Å²) in [5.41, 5.74) is 1.45. The van der Waals surface area contributed by atoms with E-state index in [1.807, 2.05) is 11.8 Å². The monoisotopic (exact) mass is 250 g/mol. The predicted molar refractivity (Wildman–Crippen MR) is 76.6 cm³/mol. The molecule has 3 heteroatoms. The van der Waals surface area contributed by atoms with Crippen LogP contribution in [0.2, 0.25) is 0 Å². The third-order valence-corrected chi connectivity index (χ3v) is 4.15. The van der Waals surface area contributed by atoms with Crippen LogP contribution in [0.3, 0.4) is 0 Å². The Morgan fingerprint density at radius 3 is 2.94 bits per heavy atom. The Morgan fingerprint density at radius 1 is 1.35 bits per heavy atom. The first kappa shape index (κ1) is 12.9. The van der Waals surface area contributed by atoms with Gasteiger partial charge in [-0.3, -0.25) is 4.90 Å². The molecule has 0 bridgehead atoms. The van der Waals surface area contributed by atoms with Gasteiger partial charge in [0.1, 0.15) is 0 Å². The molecule has 1 aliphatic heterocycles. The molecule has 94 valence electrons. The van der Waals surface area contributed by atoms with Crippen molar-refractivity contribution in [1.82, 2.24) is 10.2 Å². The molecule has 2 rings (SSSR count). The molecule has 0 saturated carbocycles. The number of rotatable bonds is 5. The van der Waals surface area contributed by atoms with Gasteiger partial charge in [0, 0.05) is 38.0 Å². The molecule has 1 fully saturated rings. The summed E-state index contributed by atoms with van der Waals surface area (Å²) >= 11 is 2.04. The smallest absolute Gasteiger partial charge is 0.0473 e. The van der Waals surface area contributed by atoms with Crippen LogP contribution in [0, 0.1) is 0 Å². The van der Waals surface area contributed by atoms with E-state index in [9.17, 15) is 0 Å². The molecule has 0 amide bonds. The lowest BCUT2D eigenvalue weighted by Crippen LogP contribution is -2.46. The minimum absolute atomic E-state index is 0.558. The number of benzene rings is 1. The highest BCUT2D eigenvalue weighted by atomic mass is 32.2. The summed E-state index contributed by atoms with van der Waals surface area (Å²) in [5.74, 6) is 2.47. The van der Waals surface area contributed by atoms with Gasteiger partial charge in [-0.2, -0.15) is 11.8 Å². The van der Waals surface area contributed by atoms with E-state index in [0.29, 0.717) is 6.04 Å². The molecule has 1 saturated heterocycles. The van der Waals surface area contributed by atoms with Crippen molar-refractivity contribution in [3.63, 3.8) is 0 Å². The zero-order valence-corrected chi connectivity index (χ0v) is 11.4. The van der Waals surface area contributed by atoms with E-state index in [4.69, 9.17) is 0 Å². The summed E-state index contributed by atoms with van der Waals surface area (Å²) < 4.78 is 0. The van der Waals surface area contributed by atoms with Crippen LogP contribution >= 0.6 is 11.8 Å². The molecule has 1 aliphatic rings. The average molecular weight is 250 g/mol. The maximum absolute atomic E-state index is 3.51. The van der Waals surface area contributed by atoms with Crippen molar-refractivity contribution >= 4 is 11.8 Å². The van der Waals surface area contributed by atoms with Gasteiger partial charge in [-0.1, -0.05) is 37.3 Å².